The summed E-state index contributed by atoms with van der Waals surface area (Å²) in [6, 6.07) is 0. The summed E-state index contributed by atoms with van der Waals surface area (Å²) in [5.74, 6) is 2.12. The molecule has 0 aromatic carbocycles. The Kier molecular flexibility index (Phi) is 3.44. The second kappa shape index (κ2) is 4.82. The molecule has 0 fully saturated rings. The number of imidazole rings is 1. The van der Waals surface area contributed by atoms with Crippen LogP contribution < -0.4 is 5.73 Å². The van der Waals surface area contributed by atoms with Crippen molar-refractivity contribution in [1.82, 2.24) is 9.38 Å². The third-order valence-corrected chi connectivity index (χ3v) is 3.73. The summed E-state index contributed by atoms with van der Waals surface area (Å²) in [4.78, 5) is 5.58. The van der Waals surface area contributed by atoms with Gasteiger partial charge in [0, 0.05) is 23.5 Å². The molecule has 0 saturated carbocycles. The Bertz CT molecular complexity index is 365. The molecule has 2 N–H and O–H groups in total. The molecule has 0 bridgehead atoms. The van der Waals surface area contributed by atoms with Crippen LogP contribution in [0.5, 0.6) is 0 Å². The highest BCUT2D eigenvalue weighted by Gasteiger charge is 2.01. The first kappa shape index (κ1) is 10.0. The Hall–Kier alpha value is -0.520. The molecule has 0 radical (unpaired) electrons. The second-order valence-corrected chi connectivity index (χ2v) is 5.00. The summed E-state index contributed by atoms with van der Waals surface area (Å²) in [5, 5.41) is 2.05. The minimum absolute atomic E-state index is 0.783. The lowest BCUT2D eigenvalue weighted by Crippen LogP contribution is -1.99. The molecule has 2 aromatic heterocycles. The fourth-order valence-corrected chi connectivity index (χ4v) is 2.79. The van der Waals surface area contributed by atoms with Crippen molar-refractivity contribution in [3.8, 4) is 0 Å². The third kappa shape index (κ3) is 2.29. The maximum atomic E-state index is 5.42. The summed E-state index contributed by atoms with van der Waals surface area (Å²) >= 11 is 3.57. The van der Waals surface area contributed by atoms with Gasteiger partial charge in [-0.3, -0.25) is 4.40 Å². The fourth-order valence-electron chi connectivity index (χ4n) is 1.21. The molecule has 14 heavy (non-hydrogen) atoms. The van der Waals surface area contributed by atoms with E-state index in [-0.39, 0.29) is 0 Å². The summed E-state index contributed by atoms with van der Waals surface area (Å²) in [7, 11) is 0. The fraction of sp³-hybridized carbons (Fsp3) is 0.444. The van der Waals surface area contributed by atoms with Gasteiger partial charge < -0.3 is 5.73 Å². The average molecular weight is 227 g/mol. The van der Waals surface area contributed by atoms with E-state index in [4.69, 9.17) is 5.73 Å². The van der Waals surface area contributed by atoms with E-state index in [1.807, 2.05) is 23.3 Å². The van der Waals surface area contributed by atoms with Crippen molar-refractivity contribution in [1.29, 1.82) is 0 Å². The van der Waals surface area contributed by atoms with Crippen molar-refractivity contribution < 1.29 is 0 Å². The van der Waals surface area contributed by atoms with Gasteiger partial charge >= 0.3 is 0 Å². The zero-order valence-corrected chi connectivity index (χ0v) is 9.48. The Morgan fingerprint density at radius 1 is 1.57 bits per heavy atom. The summed E-state index contributed by atoms with van der Waals surface area (Å²) < 4.78 is 2.07. The zero-order valence-electron chi connectivity index (χ0n) is 7.85. The maximum Gasteiger partial charge on any atom is 0.193 e. The molecule has 0 spiro atoms. The Morgan fingerprint density at radius 2 is 2.50 bits per heavy atom. The molecule has 76 valence electrons. The van der Waals surface area contributed by atoms with E-state index in [2.05, 4.69) is 15.6 Å². The molecule has 5 heteroatoms. The molecule has 0 saturated heterocycles. The summed E-state index contributed by atoms with van der Waals surface area (Å²) in [6.07, 6.45) is 5.23. The van der Waals surface area contributed by atoms with Gasteiger partial charge in [-0.1, -0.05) is 0 Å². The van der Waals surface area contributed by atoms with Gasteiger partial charge in [-0.2, -0.15) is 11.8 Å². The number of hydrogen-bond donors (Lipinski definition) is 1. The van der Waals surface area contributed by atoms with Gasteiger partial charge in [0.2, 0.25) is 0 Å². The molecule has 2 heterocycles. The van der Waals surface area contributed by atoms with Gasteiger partial charge in [0.1, 0.15) is 0 Å². The molecule has 3 nitrogen and oxygen atoms in total. The molecule has 0 atom stereocenters. The van der Waals surface area contributed by atoms with Crippen LogP contribution in [0.2, 0.25) is 0 Å². The molecule has 0 aliphatic carbocycles. The third-order valence-electron chi connectivity index (χ3n) is 1.89. The molecule has 0 aliphatic rings. The lowest BCUT2D eigenvalue weighted by molar-refractivity contribution is 0.942. The van der Waals surface area contributed by atoms with Gasteiger partial charge in [0.05, 0.1) is 5.69 Å². The highest BCUT2D eigenvalue weighted by Crippen LogP contribution is 2.16. The van der Waals surface area contributed by atoms with Crippen LogP contribution in [0.15, 0.2) is 17.8 Å². The molecule has 0 amide bonds. The van der Waals surface area contributed by atoms with E-state index < -0.39 is 0 Å². The van der Waals surface area contributed by atoms with Crippen molar-refractivity contribution in [2.24, 2.45) is 5.73 Å². The van der Waals surface area contributed by atoms with Crippen LogP contribution in [0.25, 0.3) is 4.96 Å². The van der Waals surface area contributed by atoms with Crippen molar-refractivity contribution in [2.45, 2.75) is 12.2 Å². The first-order chi connectivity index (χ1) is 6.90. The second-order valence-electron chi connectivity index (χ2n) is 3.02. The minimum Gasteiger partial charge on any atom is -0.330 e. The van der Waals surface area contributed by atoms with Crippen molar-refractivity contribution in [2.75, 3.05) is 12.3 Å². The van der Waals surface area contributed by atoms with Crippen LogP contribution in [-0.2, 0) is 5.75 Å². The average Bonchev–Trinajstić information content (AvgIpc) is 2.72. The van der Waals surface area contributed by atoms with E-state index in [0.717, 1.165) is 29.4 Å². The van der Waals surface area contributed by atoms with Crippen LogP contribution in [0.3, 0.4) is 0 Å². The van der Waals surface area contributed by atoms with Gasteiger partial charge in [-0.25, -0.2) is 4.98 Å². The first-order valence-electron chi connectivity index (χ1n) is 4.59. The molecular weight excluding hydrogens is 214 g/mol. The highest BCUT2D eigenvalue weighted by atomic mass is 32.2. The van der Waals surface area contributed by atoms with Crippen LogP contribution in [0.4, 0.5) is 0 Å². The van der Waals surface area contributed by atoms with Crippen LogP contribution in [0.1, 0.15) is 12.1 Å². The number of nitrogens with two attached hydrogens (primary N) is 1. The number of thiazole rings is 1. The van der Waals surface area contributed by atoms with Crippen molar-refractivity contribution in [3.05, 3.63) is 23.5 Å². The Balaban J connectivity index is 1.89. The predicted molar refractivity (Wildman–Crippen MR) is 62.9 cm³/mol. The minimum atomic E-state index is 0.783. The predicted octanol–water partition coefficient (Wildman–Crippen LogP) is 1.98. The van der Waals surface area contributed by atoms with Crippen molar-refractivity contribution >= 4 is 28.1 Å². The lowest BCUT2D eigenvalue weighted by atomic mass is 10.5. The first-order valence-corrected chi connectivity index (χ1v) is 6.62. The number of thioether (sulfide) groups is 1. The number of aromatic nitrogens is 2. The molecule has 2 aromatic rings. The van der Waals surface area contributed by atoms with E-state index >= 15 is 0 Å². The van der Waals surface area contributed by atoms with Crippen molar-refractivity contribution in [3.63, 3.8) is 0 Å². The van der Waals surface area contributed by atoms with Gasteiger partial charge in [0.25, 0.3) is 0 Å². The smallest absolute Gasteiger partial charge is 0.193 e. The number of rotatable bonds is 5. The monoisotopic (exact) mass is 227 g/mol. The van der Waals surface area contributed by atoms with E-state index in [1.165, 1.54) is 5.69 Å². The number of fused-ring (bicyclic) bond motifs is 1. The zero-order chi connectivity index (χ0) is 9.80. The Labute approximate surface area is 91.3 Å². The van der Waals surface area contributed by atoms with Crippen LogP contribution in [0, 0.1) is 0 Å². The van der Waals surface area contributed by atoms with Gasteiger partial charge in [-0.15, -0.1) is 11.3 Å². The number of nitrogens with zero attached hydrogens (tertiary/aromatic N) is 2. The van der Waals surface area contributed by atoms with Gasteiger partial charge in [-0.05, 0) is 18.7 Å². The molecular formula is C9H13N3S2. The van der Waals surface area contributed by atoms with Crippen LogP contribution in [-0.4, -0.2) is 21.7 Å². The maximum absolute atomic E-state index is 5.42. The molecule has 2 rings (SSSR count). The van der Waals surface area contributed by atoms with E-state index in [1.54, 1.807) is 11.3 Å². The van der Waals surface area contributed by atoms with E-state index in [0.29, 0.717) is 0 Å². The van der Waals surface area contributed by atoms with E-state index in [9.17, 15) is 0 Å². The number of hydrogen-bond acceptors (Lipinski definition) is 4. The quantitative estimate of drug-likeness (QED) is 0.794. The largest absolute Gasteiger partial charge is 0.330 e. The normalized spacial score (nSPS) is 11.2. The SMILES string of the molecule is NCCCSCc1cn2ccsc2n1. The standard InChI is InChI=1S/C9H13N3S2/c10-2-1-4-13-7-8-6-12-3-5-14-9(12)11-8/h3,5-6H,1-2,4,7,10H2. The highest BCUT2D eigenvalue weighted by molar-refractivity contribution is 7.98. The molecule has 0 aliphatic heterocycles. The lowest BCUT2D eigenvalue weighted by Gasteiger charge is -1.95. The molecule has 0 unspecified atom stereocenters. The van der Waals surface area contributed by atoms with Crippen LogP contribution >= 0.6 is 23.1 Å². The summed E-state index contributed by atoms with van der Waals surface area (Å²) in [5.41, 5.74) is 6.59. The van der Waals surface area contributed by atoms with Gasteiger partial charge in [0.15, 0.2) is 4.96 Å². The topological polar surface area (TPSA) is 43.3 Å². The summed E-state index contributed by atoms with van der Waals surface area (Å²) in [6.45, 7) is 0.783. The Morgan fingerprint density at radius 3 is 3.29 bits per heavy atom.